The van der Waals surface area contributed by atoms with Crippen molar-refractivity contribution < 1.29 is 27.9 Å². The Morgan fingerprint density at radius 2 is 2.06 bits per heavy atom. The molecule has 9 nitrogen and oxygen atoms in total. The summed E-state index contributed by atoms with van der Waals surface area (Å²) in [4.78, 5) is 43.5. The number of primary amides is 1. The van der Waals surface area contributed by atoms with Gasteiger partial charge >= 0.3 is 0 Å². The summed E-state index contributed by atoms with van der Waals surface area (Å²) in [6.45, 7) is 0.894. The third kappa shape index (κ3) is 4.68. The molecule has 1 aromatic carbocycles. The fraction of sp³-hybridized carbons (Fsp3) is 0.375. The Morgan fingerprint density at radius 3 is 2.75 bits per heavy atom. The number of carbonyl (C=O) groups excluding carboxylic acids is 3. The quantitative estimate of drug-likeness (QED) is 0.488. The maximum absolute atomic E-state index is 14.8. The van der Waals surface area contributed by atoms with E-state index in [9.17, 15) is 23.2 Å². The molecule has 1 fully saturated rings. The van der Waals surface area contributed by atoms with Crippen LogP contribution in [0.5, 0.6) is 0 Å². The first-order valence-corrected chi connectivity index (χ1v) is 11.5. The molecule has 0 saturated carbocycles. The summed E-state index contributed by atoms with van der Waals surface area (Å²) in [5.74, 6) is -3.08. The van der Waals surface area contributed by atoms with Crippen molar-refractivity contribution in [3.8, 4) is 0 Å². The zero-order valence-corrected chi connectivity index (χ0v) is 20.3. The topological polar surface area (TPSA) is 120 Å². The number of hydrogen-bond donors (Lipinski definition) is 1. The molecule has 2 amide bonds. The summed E-state index contributed by atoms with van der Waals surface area (Å²) in [6, 6.07) is 4.82. The van der Waals surface area contributed by atoms with Crippen LogP contribution in [-0.2, 0) is 20.9 Å². The number of amides is 2. The van der Waals surface area contributed by atoms with Gasteiger partial charge in [-0.05, 0) is 23.6 Å². The normalized spacial score (nSPS) is 20.6. The second-order valence-corrected chi connectivity index (χ2v) is 9.09. The molecule has 2 aromatic heterocycles. The van der Waals surface area contributed by atoms with Crippen LogP contribution in [0.3, 0.4) is 0 Å². The van der Waals surface area contributed by atoms with Crippen molar-refractivity contribution >= 4 is 40.1 Å². The van der Waals surface area contributed by atoms with E-state index in [2.05, 4.69) is 10.1 Å². The van der Waals surface area contributed by atoms with Crippen LogP contribution in [0.25, 0.3) is 10.9 Å². The molecule has 4 rings (SSSR count). The summed E-state index contributed by atoms with van der Waals surface area (Å²) >= 11 is 5.87. The summed E-state index contributed by atoms with van der Waals surface area (Å²) < 4.78 is 35.8. The van der Waals surface area contributed by atoms with E-state index < -0.39 is 47.7 Å². The molecular formula is C24H24ClF2N5O4. The summed E-state index contributed by atoms with van der Waals surface area (Å²) in [7, 11) is 1.26. The monoisotopic (exact) mass is 519 g/mol. The highest BCUT2D eigenvalue weighted by molar-refractivity contribution is 6.30. The third-order valence-electron chi connectivity index (χ3n) is 6.39. The smallest absolute Gasteiger partial charge is 0.269 e. The number of halogens is 3. The van der Waals surface area contributed by atoms with E-state index in [1.54, 1.807) is 19.1 Å². The Balaban J connectivity index is 1.59. The van der Waals surface area contributed by atoms with Gasteiger partial charge < -0.3 is 15.4 Å². The lowest BCUT2D eigenvalue weighted by Gasteiger charge is -2.27. The Kier molecular flexibility index (Phi) is 7.32. The third-order valence-corrected chi connectivity index (χ3v) is 6.68. The zero-order chi connectivity index (χ0) is 26.1. The van der Waals surface area contributed by atoms with Crippen molar-refractivity contribution in [2.24, 2.45) is 5.73 Å². The first kappa shape index (κ1) is 25.6. The van der Waals surface area contributed by atoms with Gasteiger partial charge in [-0.1, -0.05) is 30.7 Å². The molecular weight excluding hydrogens is 496 g/mol. The van der Waals surface area contributed by atoms with Gasteiger partial charge in [-0.3, -0.25) is 24.0 Å². The highest BCUT2D eigenvalue weighted by atomic mass is 35.5. The van der Waals surface area contributed by atoms with Crippen molar-refractivity contribution in [3.05, 3.63) is 58.8 Å². The lowest BCUT2D eigenvalue weighted by Crippen LogP contribution is -2.47. The van der Waals surface area contributed by atoms with Crippen LogP contribution in [0, 0.1) is 5.82 Å². The van der Waals surface area contributed by atoms with Gasteiger partial charge in [0.15, 0.2) is 11.5 Å². The van der Waals surface area contributed by atoms with Gasteiger partial charge in [0.25, 0.3) is 5.91 Å². The number of nitrogens with two attached hydrogens (primary N) is 1. The molecule has 190 valence electrons. The predicted octanol–water partition coefficient (Wildman–Crippen LogP) is 2.65. The summed E-state index contributed by atoms with van der Waals surface area (Å²) in [5.41, 5.74) is 5.99. The molecule has 1 aliphatic heterocycles. The Hall–Kier alpha value is -3.44. The molecule has 0 aliphatic carbocycles. The summed E-state index contributed by atoms with van der Waals surface area (Å²) in [5, 5.41) is 4.47. The number of ketones is 1. The second kappa shape index (κ2) is 10.3. The molecule has 0 unspecified atom stereocenters. The number of ether oxygens (including phenoxy) is 1. The number of pyridine rings is 1. The molecule has 0 bridgehead atoms. The molecule has 3 heterocycles. The van der Waals surface area contributed by atoms with E-state index in [0.29, 0.717) is 10.9 Å². The molecule has 0 radical (unpaired) electrons. The van der Waals surface area contributed by atoms with Gasteiger partial charge in [0.2, 0.25) is 5.91 Å². The lowest BCUT2D eigenvalue weighted by molar-refractivity contribution is -0.140. The molecule has 1 aliphatic rings. The Bertz CT molecular complexity index is 1330. The number of nitrogens with zero attached hydrogens (tertiary/aromatic N) is 4. The highest BCUT2D eigenvalue weighted by Crippen LogP contribution is 2.31. The van der Waals surface area contributed by atoms with E-state index in [1.807, 2.05) is 0 Å². The largest absolute Gasteiger partial charge is 0.376 e. The van der Waals surface area contributed by atoms with Crippen LogP contribution >= 0.6 is 11.6 Å². The average Bonchev–Trinajstić information content (AvgIpc) is 3.38. The number of fused-ring (bicyclic) bond motifs is 1. The summed E-state index contributed by atoms with van der Waals surface area (Å²) in [6.07, 6.45) is -0.0817. The van der Waals surface area contributed by atoms with Crippen LogP contribution in [0.2, 0.25) is 5.02 Å². The van der Waals surface area contributed by atoms with Crippen LogP contribution in [0.15, 0.2) is 36.7 Å². The number of carbonyl (C=O) groups is 3. The molecule has 0 spiro atoms. The zero-order valence-electron chi connectivity index (χ0n) is 19.5. The van der Waals surface area contributed by atoms with E-state index in [1.165, 1.54) is 36.3 Å². The number of alkyl halides is 1. The van der Waals surface area contributed by atoms with E-state index in [0.717, 1.165) is 4.90 Å². The molecule has 3 aromatic rings. The number of Topliss-reactive ketones (excluding diaryl/α,β-unsaturated/α-hetero) is 1. The van der Waals surface area contributed by atoms with Crippen molar-refractivity contribution in [1.82, 2.24) is 19.7 Å². The minimum atomic E-state index is -1.61. The van der Waals surface area contributed by atoms with Gasteiger partial charge in [-0.15, -0.1) is 0 Å². The number of hydrogen-bond acceptors (Lipinski definition) is 6. The van der Waals surface area contributed by atoms with Gasteiger partial charge in [0.1, 0.15) is 30.7 Å². The SMILES string of the molecule is CO[C@H]1[C@@H](C(=O)C[C@H](C)c2cccc(Cl)c2F)N(C(=O)Cn2nc(C(N)=O)c3ccncc32)C[C@@H]1F. The van der Waals surface area contributed by atoms with Crippen molar-refractivity contribution in [1.29, 1.82) is 0 Å². The van der Waals surface area contributed by atoms with Crippen LogP contribution in [0.4, 0.5) is 8.78 Å². The van der Waals surface area contributed by atoms with Crippen molar-refractivity contribution in [3.63, 3.8) is 0 Å². The molecule has 1 saturated heterocycles. The van der Waals surface area contributed by atoms with Crippen molar-refractivity contribution in [2.45, 2.75) is 44.1 Å². The maximum atomic E-state index is 14.8. The van der Waals surface area contributed by atoms with Crippen LogP contribution in [-0.4, -0.2) is 69.2 Å². The minimum absolute atomic E-state index is 0.0373. The van der Waals surface area contributed by atoms with E-state index >= 15 is 0 Å². The van der Waals surface area contributed by atoms with E-state index in [-0.39, 0.29) is 35.8 Å². The lowest BCUT2D eigenvalue weighted by atomic mass is 9.91. The first-order valence-electron chi connectivity index (χ1n) is 11.2. The van der Waals surface area contributed by atoms with Crippen LogP contribution < -0.4 is 5.73 Å². The maximum Gasteiger partial charge on any atom is 0.269 e. The average molecular weight is 520 g/mol. The molecule has 36 heavy (non-hydrogen) atoms. The second-order valence-electron chi connectivity index (χ2n) is 8.69. The minimum Gasteiger partial charge on any atom is -0.376 e. The Labute approximate surface area is 210 Å². The van der Waals surface area contributed by atoms with Gasteiger partial charge in [0, 0.05) is 25.1 Å². The number of rotatable bonds is 8. The van der Waals surface area contributed by atoms with Gasteiger partial charge in [-0.25, -0.2) is 8.78 Å². The number of methoxy groups -OCH3 is 1. The number of benzene rings is 1. The predicted molar refractivity (Wildman–Crippen MR) is 127 cm³/mol. The van der Waals surface area contributed by atoms with Gasteiger partial charge in [0.05, 0.1) is 23.3 Å². The van der Waals surface area contributed by atoms with E-state index in [4.69, 9.17) is 22.1 Å². The molecule has 12 heteroatoms. The highest BCUT2D eigenvalue weighted by Gasteiger charge is 2.48. The fourth-order valence-corrected chi connectivity index (χ4v) is 4.83. The molecule has 4 atom stereocenters. The van der Waals surface area contributed by atoms with Crippen LogP contribution in [0.1, 0.15) is 35.3 Å². The number of likely N-dealkylation sites (tertiary alicyclic amines) is 1. The standard InChI is InChI=1S/C24H24ClF2N5O4/c1-12(13-4-3-5-15(25)20(13)27)8-18(33)22-23(36-2)16(26)10-31(22)19(34)11-32-17-9-29-7-6-14(17)21(30-32)24(28)35/h3-7,9,12,16,22-23H,8,10-11H2,1-2H3,(H2,28,35)/t12-,16-,22+,23+/m0/s1. The Morgan fingerprint density at radius 1 is 1.31 bits per heavy atom. The number of aromatic nitrogens is 3. The fourth-order valence-electron chi connectivity index (χ4n) is 4.65. The first-order chi connectivity index (χ1) is 17.1. The molecule has 2 N–H and O–H groups in total. The van der Waals surface area contributed by atoms with Gasteiger partial charge in [-0.2, -0.15) is 5.10 Å². The van der Waals surface area contributed by atoms with Crippen molar-refractivity contribution in [2.75, 3.05) is 13.7 Å².